The lowest BCUT2D eigenvalue weighted by atomic mass is 9.94. The number of sulfonamides is 1. The van der Waals surface area contributed by atoms with Crippen LogP contribution in [0.15, 0.2) is 77.2 Å². The highest BCUT2D eigenvalue weighted by atomic mass is 32.2. The zero-order valence-electron chi connectivity index (χ0n) is 20.2. The number of aliphatic hydroxyl groups is 1. The zero-order valence-corrected chi connectivity index (χ0v) is 21.0. The molecule has 0 radical (unpaired) electrons. The van der Waals surface area contributed by atoms with Crippen LogP contribution in [0.2, 0.25) is 0 Å². The first kappa shape index (κ1) is 25.7. The quantitative estimate of drug-likeness (QED) is 0.273. The van der Waals surface area contributed by atoms with Gasteiger partial charge in [-0.2, -0.15) is 0 Å². The lowest BCUT2D eigenvalue weighted by Gasteiger charge is -2.26. The van der Waals surface area contributed by atoms with Gasteiger partial charge in [0.25, 0.3) is 11.7 Å². The van der Waals surface area contributed by atoms with Crippen molar-refractivity contribution in [2.75, 3.05) is 26.2 Å². The Morgan fingerprint density at radius 3 is 2.00 bits per heavy atom. The number of nitrogens with zero attached hydrogens (tertiary/aromatic N) is 1. The summed E-state index contributed by atoms with van der Waals surface area (Å²) in [5, 5.41) is 16.6. The molecule has 192 valence electrons. The highest BCUT2D eigenvalue weighted by Gasteiger charge is 2.47. The van der Waals surface area contributed by atoms with Crippen LogP contribution in [-0.2, 0) is 19.6 Å². The van der Waals surface area contributed by atoms with Crippen LogP contribution in [-0.4, -0.2) is 46.5 Å². The van der Waals surface area contributed by atoms with E-state index in [2.05, 4.69) is 0 Å². The van der Waals surface area contributed by atoms with Gasteiger partial charge in [-0.1, -0.05) is 12.1 Å². The number of rotatable bonds is 7. The number of nitrogens with two attached hydrogens (primary N) is 1. The first-order valence-electron chi connectivity index (χ1n) is 10.9. The lowest BCUT2D eigenvalue weighted by molar-refractivity contribution is -0.132. The predicted molar refractivity (Wildman–Crippen MR) is 135 cm³/mol. The minimum atomic E-state index is -3.97. The fraction of sp³-hybridized carbons (Fsp3) is 0.154. The number of amides is 1. The molecule has 10 nitrogen and oxygen atoms in total. The Morgan fingerprint density at radius 2 is 1.46 bits per heavy atom. The molecule has 37 heavy (non-hydrogen) atoms. The third-order valence-electron chi connectivity index (χ3n) is 5.98. The number of methoxy groups -OCH3 is 3. The van der Waals surface area contributed by atoms with Crippen LogP contribution in [0.25, 0.3) is 5.76 Å². The molecule has 3 aromatic carbocycles. The van der Waals surface area contributed by atoms with Crippen LogP contribution in [0, 0.1) is 0 Å². The molecule has 3 N–H and O–H groups in total. The van der Waals surface area contributed by atoms with E-state index in [9.17, 15) is 23.1 Å². The van der Waals surface area contributed by atoms with Crippen molar-refractivity contribution in [2.45, 2.75) is 10.9 Å². The van der Waals surface area contributed by atoms with Crippen LogP contribution in [0.5, 0.6) is 17.2 Å². The van der Waals surface area contributed by atoms with Crippen molar-refractivity contribution in [3.05, 3.63) is 83.4 Å². The average Bonchev–Trinajstić information content (AvgIpc) is 3.17. The van der Waals surface area contributed by atoms with E-state index < -0.39 is 33.5 Å². The summed E-state index contributed by atoms with van der Waals surface area (Å²) in [6.45, 7) is 0. The molecule has 1 aliphatic heterocycles. The molecule has 4 rings (SSSR count). The number of anilines is 1. The summed E-state index contributed by atoms with van der Waals surface area (Å²) in [5.74, 6) is -1.09. The van der Waals surface area contributed by atoms with E-state index in [1.165, 1.54) is 56.6 Å². The maximum absolute atomic E-state index is 13.4. The van der Waals surface area contributed by atoms with E-state index in [-0.39, 0.29) is 27.5 Å². The number of Topliss-reactive ketones (excluding diaryl/α,β-unsaturated/α-hetero) is 1. The standard InChI is InChI=1S/C26H24N2O8S/c1-34-17-8-4-15(5-9-17)23-22(24(29)20-14-18(35-2)10-13-21(20)36-3)25(30)26(31)28(23)16-6-11-19(12-7-16)37(27,32)33/h4-14,23,29H,1-3H3,(H2,27,32,33)/b24-22+. The largest absolute Gasteiger partial charge is 0.507 e. The van der Waals surface area contributed by atoms with Crippen molar-refractivity contribution in [1.29, 1.82) is 0 Å². The van der Waals surface area contributed by atoms with E-state index in [4.69, 9.17) is 19.3 Å². The number of ether oxygens (including phenoxy) is 3. The Kier molecular flexibility index (Phi) is 6.92. The molecule has 0 aromatic heterocycles. The third kappa shape index (κ3) is 4.74. The summed E-state index contributed by atoms with van der Waals surface area (Å²) in [7, 11) is 0.388. The second kappa shape index (κ2) is 9.96. The summed E-state index contributed by atoms with van der Waals surface area (Å²) in [5.41, 5.74) is 0.700. The molecule has 11 heteroatoms. The van der Waals surface area contributed by atoms with Crippen molar-refractivity contribution < 1.29 is 37.3 Å². The van der Waals surface area contributed by atoms with Gasteiger partial charge in [0.15, 0.2) is 0 Å². The summed E-state index contributed by atoms with van der Waals surface area (Å²) >= 11 is 0. The van der Waals surface area contributed by atoms with Crippen molar-refractivity contribution in [1.82, 2.24) is 0 Å². The topological polar surface area (TPSA) is 145 Å². The zero-order chi connectivity index (χ0) is 26.9. The van der Waals surface area contributed by atoms with Gasteiger partial charge in [0.1, 0.15) is 23.0 Å². The molecular formula is C26H24N2O8S. The van der Waals surface area contributed by atoms with Gasteiger partial charge in [0.05, 0.1) is 43.4 Å². The number of hydrogen-bond acceptors (Lipinski definition) is 8. The minimum absolute atomic E-state index is 0.155. The first-order chi connectivity index (χ1) is 17.6. The summed E-state index contributed by atoms with van der Waals surface area (Å²) in [4.78, 5) is 27.7. The van der Waals surface area contributed by atoms with Crippen molar-refractivity contribution in [3.8, 4) is 17.2 Å². The molecule has 1 amide bonds. The molecule has 1 aliphatic rings. The van der Waals surface area contributed by atoms with E-state index in [0.29, 0.717) is 17.1 Å². The maximum atomic E-state index is 13.4. The second-order valence-electron chi connectivity index (χ2n) is 8.05. The number of benzene rings is 3. The Morgan fingerprint density at radius 1 is 0.865 bits per heavy atom. The Labute approximate surface area is 213 Å². The Hall–Kier alpha value is -4.35. The van der Waals surface area contributed by atoms with Gasteiger partial charge in [0, 0.05) is 5.69 Å². The van der Waals surface area contributed by atoms with Crippen molar-refractivity contribution in [3.63, 3.8) is 0 Å². The summed E-state index contributed by atoms with van der Waals surface area (Å²) in [6.07, 6.45) is 0. The molecule has 1 unspecified atom stereocenters. The van der Waals surface area contributed by atoms with Gasteiger partial charge < -0.3 is 19.3 Å². The Balaban J connectivity index is 1.96. The van der Waals surface area contributed by atoms with E-state index in [1.54, 1.807) is 36.4 Å². The second-order valence-corrected chi connectivity index (χ2v) is 9.61. The maximum Gasteiger partial charge on any atom is 0.300 e. The monoisotopic (exact) mass is 524 g/mol. The van der Waals surface area contributed by atoms with Crippen LogP contribution in [0.4, 0.5) is 5.69 Å². The van der Waals surface area contributed by atoms with E-state index in [0.717, 1.165) is 0 Å². The molecule has 0 saturated carbocycles. The van der Waals surface area contributed by atoms with Crippen molar-refractivity contribution in [2.24, 2.45) is 5.14 Å². The van der Waals surface area contributed by atoms with E-state index in [1.807, 2.05) is 0 Å². The molecule has 0 aliphatic carbocycles. The highest BCUT2D eigenvalue weighted by molar-refractivity contribution is 7.89. The average molecular weight is 525 g/mol. The highest BCUT2D eigenvalue weighted by Crippen LogP contribution is 2.44. The molecular weight excluding hydrogens is 500 g/mol. The number of primary sulfonamides is 1. The first-order valence-corrected chi connectivity index (χ1v) is 12.5. The fourth-order valence-electron chi connectivity index (χ4n) is 4.14. The number of aliphatic hydroxyl groups excluding tert-OH is 1. The fourth-order valence-corrected chi connectivity index (χ4v) is 4.66. The smallest absolute Gasteiger partial charge is 0.300 e. The Bertz CT molecular complexity index is 1500. The summed E-state index contributed by atoms with van der Waals surface area (Å²) in [6, 6.07) is 15.5. The third-order valence-corrected chi connectivity index (χ3v) is 6.91. The van der Waals surface area contributed by atoms with Crippen LogP contribution >= 0.6 is 0 Å². The normalized spacial score (nSPS) is 17.1. The number of carbonyl (C=O) groups is 2. The molecule has 1 heterocycles. The van der Waals surface area contributed by atoms with Gasteiger partial charge in [-0.25, -0.2) is 13.6 Å². The molecule has 1 fully saturated rings. The SMILES string of the molecule is COc1ccc(C2/C(=C(\O)c3cc(OC)ccc3OC)C(=O)C(=O)N2c2ccc(S(N)(=O)=O)cc2)cc1. The van der Waals surface area contributed by atoms with Gasteiger partial charge in [0.2, 0.25) is 10.0 Å². The number of ketones is 1. The van der Waals surface area contributed by atoms with Gasteiger partial charge in [-0.15, -0.1) is 0 Å². The minimum Gasteiger partial charge on any atom is -0.507 e. The van der Waals surface area contributed by atoms with Gasteiger partial charge in [-0.05, 0) is 60.2 Å². The van der Waals surface area contributed by atoms with Crippen LogP contribution < -0.4 is 24.2 Å². The molecule has 1 saturated heterocycles. The van der Waals surface area contributed by atoms with Gasteiger partial charge in [-0.3, -0.25) is 14.5 Å². The molecule has 0 bridgehead atoms. The predicted octanol–water partition coefficient (Wildman–Crippen LogP) is 2.99. The van der Waals surface area contributed by atoms with Crippen LogP contribution in [0.3, 0.4) is 0 Å². The van der Waals surface area contributed by atoms with Crippen molar-refractivity contribution >= 4 is 33.2 Å². The number of hydrogen-bond donors (Lipinski definition) is 2. The van der Waals surface area contributed by atoms with Crippen LogP contribution in [0.1, 0.15) is 17.2 Å². The number of carbonyl (C=O) groups excluding carboxylic acids is 2. The van der Waals surface area contributed by atoms with E-state index >= 15 is 0 Å². The lowest BCUT2D eigenvalue weighted by Crippen LogP contribution is -2.29. The molecule has 0 spiro atoms. The summed E-state index contributed by atoms with van der Waals surface area (Å²) < 4.78 is 39.3. The molecule has 3 aromatic rings. The molecule has 1 atom stereocenters. The van der Waals surface area contributed by atoms with Gasteiger partial charge >= 0.3 is 0 Å².